The van der Waals surface area contributed by atoms with Gasteiger partial charge in [-0.25, -0.2) is 9.97 Å². The summed E-state index contributed by atoms with van der Waals surface area (Å²) in [5.41, 5.74) is 7.21. The molecule has 1 aromatic carbocycles. The predicted molar refractivity (Wildman–Crippen MR) is 68.2 cm³/mol. The second-order valence-electron chi connectivity index (χ2n) is 4.51. The quantitative estimate of drug-likeness (QED) is 0.601. The van der Waals surface area contributed by atoms with Gasteiger partial charge >= 0.3 is 0 Å². The summed E-state index contributed by atoms with van der Waals surface area (Å²) in [7, 11) is 0. The number of nitrogens with zero attached hydrogens (tertiary/aromatic N) is 3. The first kappa shape index (κ1) is 11.2. The molecule has 3 rings (SSSR count). The van der Waals surface area contributed by atoms with E-state index in [1.54, 1.807) is 6.07 Å². The molecule has 0 amide bonds. The molecular weight excluding hydrogens is 232 g/mol. The zero-order chi connectivity index (χ0) is 12.7. The molecule has 2 heterocycles. The Labute approximate surface area is 104 Å². The molecule has 1 saturated heterocycles. The van der Waals surface area contributed by atoms with Crippen LogP contribution in [-0.2, 0) is 0 Å². The summed E-state index contributed by atoms with van der Waals surface area (Å²) >= 11 is 0. The number of fused-ring (bicyclic) bond motifs is 1. The molecular formula is C12H14N4O2. The lowest BCUT2D eigenvalue weighted by molar-refractivity contribution is 0.0572. The highest BCUT2D eigenvalue weighted by atomic mass is 16.3. The zero-order valence-electron chi connectivity index (χ0n) is 9.69. The van der Waals surface area contributed by atoms with Crippen molar-refractivity contribution in [1.82, 2.24) is 9.97 Å². The number of hydrogen-bond donors (Lipinski definition) is 3. The highest BCUT2D eigenvalue weighted by molar-refractivity contribution is 5.91. The van der Waals surface area contributed by atoms with Crippen LogP contribution in [0.1, 0.15) is 0 Å². The van der Waals surface area contributed by atoms with Crippen molar-refractivity contribution in [2.24, 2.45) is 0 Å². The molecule has 2 atom stereocenters. The summed E-state index contributed by atoms with van der Waals surface area (Å²) in [5, 5.41) is 20.0. The molecule has 94 valence electrons. The molecule has 6 nitrogen and oxygen atoms in total. The molecule has 0 radical (unpaired) electrons. The van der Waals surface area contributed by atoms with Crippen molar-refractivity contribution in [2.45, 2.75) is 12.2 Å². The zero-order valence-corrected chi connectivity index (χ0v) is 9.69. The number of hydrogen-bond acceptors (Lipinski definition) is 6. The van der Waals surface area contributed by atoms with Crippen LogP contribution in [0.4, 0.5) is 11.5 Å². The van der Waals surface area contributed by atoms with Gasteiger partial charge in [0.25, 0.3) is 0 Å². The molecule has 1 aliphatic rings. The summed E-state index contributed by atoms with van der Waals surface area (Å²) in [6, 6.07) is 5.42. The van der Waals surface area contributed by atoms with Crippen molar-refractivity contribution >= 4 is 22.4 Å². The molecule has 0 saturated carbocycles. The van der Waals surface area contributed by atoms with E-state index in [4.69, 9.17) is 5.73 Å². The molecule has 2 unspecified atom stereocenters. The molecule has 0 bridgehead atoms. The van der Waals surface area contributed by atoms with Crippen LogP contribution in [0.15, 0.2) is 24.5 Å². The van der Waals surface area contributed by atoms with Crippen LogP contribution in [-0.4, -0.2) is 45.5 Å². The Morgan fingerprint density at radius 3 is 2.61 bits per heavy atom. The first-order chi connectivity index (χ1) is 8.65. The molecule has 1 fully saturated rings. The number of nitrogens with two attached hydrogens (primary N) is 1. The van der Waals surface area contributed by atoms with Crippen molar-refractivity contribution in [3.8, 4) is 0 Å². The van der Waals surface area contributed by atoms with Gasteiger partial charge < -0.3 is 20.8 Å². The Hall–Kier alpha value is -1.92. The SMILES string of the molecule is Nc1ccc2ncnc(N3CC(O)C(O)C3)c2c1. The van der Waals surface area contributed by atoms with Gasteiger partial charge in [-0.15, -0.1) is 0 Å². The molecule has 1 aliphatic heterocycles. The largest absolute Gasteiger partial charge is 0.399 e. The molecule has 1 aromatic heterocycles. The van der Waals surface area contributed by atoms with Crippen molar-refractivity contribution in [1.29, 1.82) is 0 Å². The molecule has 0 spiro atoms. The maximum Gasteiger partial charge on any atom is 0.140 e. The minimum absolute atomic E-state index is 0.363. The van der Waals surface area contributed by atoms with Crippen molar-refractivity contribution in [3.63, 3.8) is 0 Å². The van der Waals surface area contributed by atoms with Crippen LogP contribution in [0, 0.1) is 0 Å². The average molecular weight is 246 g/mol. The van der Waals surface area contributed by atoms with Gasteiger partial charge in [0.15, 0.2) is 0 Å². The number of aromatic nitrogens is 2. The molecule has 2 aromatic rings. The summed E-state index contributed by atoms with van der Waals surface area (Å²) in [6.07, 6.45) is -0.00237. The van der Waals surface area contributed by atoms with E-state index in [9.17, 15) is 10.2 Å². The lowest BCUT2D eigenvalue weighted by atomic mass is 10.2. The van der Waals surface area contributed by atoms with Crippen LogP contribution in [0.3, 0.4) is 0 Å². The maximum absolute atomic E-state index is 9.60. The van der Waals surface area contributed by atoms with E-state index < -0.39 is 12.2 Å². The summed E-state index contributed by atoms with van der Waals surface area (Å²) in [6.45, 7) is 0.726. The Morgan fingerprint density at radius 2 is 1.89 bits per heavy atom. The highest BCUT2D eigenvalue weighted by Crippen LogP contribution is 2.27. The normalized spacial score (nSPS) is 23.8. The van der Waals surface area contributed by atoms with Crippen LogP contribution < -0.4 is 10.6 Å². The van der Waals surface area contributed by atoms with E-state index >= 15 is 0 Å². The number of β-amino-alcohol motifs (C(OH)–C–C–N with tert-alkyl or cyclic N) is 2. The number of benzene rings is 1. The highest BCUT2D eigenvalue weighted by Gasteiger charge is 2.31. The fourth-order valence-corrected chi connectivity index (χ4v) is 2.26. The van der Waals surface area contributed by atoms with Crippen LogP contribution in [0.25, 0.3) is 10.9 Å². The minimum Gasteiger partial charge on any atom is -0.399 e. The molecule has 4 N–H and O–H groups in total. The lowest BCUT2D eigenvalue weighted by Gasteiger charge is -2.18. The first-order valence-corrected chi connectivity index (χ1v) is 5.76. The van der Waals surface area contributed by atoms with E-state index in [1.165, 1.54) is 6.33 Å². The standard InChI is InChI=1S/C12H14N4O2/c13-7-1-2-9-8(3-7)12(15-6-14-9)16-4-10(17)11(18)5-16/h1-3,6,10-11,17-18H,4-5,13H2. The van der Waals surface area contributed by atoms with Gasteiger partial charge in [-0.2, -0.15) is 0 Å². The molecule has 6 heteroatoms. The van der Waals surface area contributed by atoms with Crippen LogP contribution >= 0.6 is 0 Å². The number of anilines is 2. The third kappa shape index (κ3) is 1.75. The summed E-state index contributed by atoms with van der Waals surface area (Å²) < 4.78 is 0. The fourth-order valence-electron chi connectivity index (χ4n) is 2.26. The monoisotopic (exact) mass is 246 g/mol. The van der Waals surface area contributed by atoms with Gasteiger partial charge in [0.1, 0.15) is 12.1 Å². The summed E-state index contributed by atoms with van der Waals surface area (Å²) in [4.78, 5) is 10.3. The van der Waals surface area contributed by atoms with Gasteiger partial charge in [-0.1, -0.05) is 0 Å². The van der Waals surface area contributed by atoms with Crippen molar-refractivity contribution in [2.75, 3.05) is 23.7 Å². The third-order valence-electron chi connectivity index (χ3n) is 3.20. The number of aliphatic hydroxyl groups is 2. The van der Waals surface area contributed by atoms with Gasteiger partial charge in [0, 0.05) is 24.2 Å². The molecule has 18 heavy (non-hydrogen) atoms. The van der Waals surface area contributed by atoms with E-state index in [-0.39, 0.29) is 0 Å². The Morgan fingerprint density at radius 1 is 1.17 bits per heavy atom. The Balaban J connectivity index is 2.09. The number of nitrogen functional groups attached to an aromatic ring is 1. The minimum atomic E-state index is -0.740. The topological polar surface area (TPSA) is 95.5 Å². The van der Waals surface area contributed by atoms with Gasteiger partial charge in [0.05, 0.1) is 17.7 Å². The summed E-state index contributed by atoms with van der Waals surface area (Å²) in [5.74, 6) is 0.697. The second kappa shape index (κ2) is 4.08. The molecule has 0 aliphatic carbocycles. The van der Waals surface area contributed by atoms with Crippen LogP contribution in [0.5, 0.6) is 0 Å². The first-order valence-electron chi connectivity index (χ1n) is 5.76. The lowest BCUT2D eigenvalue weighted by Crippen LogP contribution is -2.22. The van der Waals surface area contributed by atoms with Crippen molar-refractivity contribution < 1.29 is 10.2 Å². The predicted octanol–water partition coefficient (Wildman–Crippen LogP) is -0.246. The number of rotatable bonds is 1. The van der Waals surface area contributed by atoms with E-state index in [0.29, 0.717) is 24.6 Å². The van der Waals surface area contributed by atoms with Crippen molar-refractivity contribution in [3.05, 3.63) is 24.5 Å². The van der Waals surface area contributed by atoms with E-state index in [0.717, 1.165) is 10.9 Å². The van der Waals surface area contributed by atoms with Crippen LogP contribution in [0.2, 0.25) is 0 Å². The fraction of sp³-hybridized carbons (Fsp3) is 0.333. The van der Waals surface area contributed by atoms with E-state index in [1.807, 2.05) is 17.0 Å². The van der Waals surface area contributed by atoms with E-state index in [2.05, 4.69) is 9.97 Å². The maximum atomic E-state index is 9.60. The van der Waals surface area contributed by atoms with Gasteiger partial charge in [-0.05, 0) is 18.2 Å². The number of aliphatic hydroxyl groups excluding tert-OH is 2. The van der Waals surface area contributed by atoms with Gasteiger partial charge in [-0.3, -0.25) is 0 Å². The Bertz CT molecular complexity index is 579. The second-order valence-corrected chi connectivity index (χ2v) is 4.51. The smallest absolute Gasteiger partial charge is 0.140 e. The third-order valence-corrected chi connectivity index (χ3v) is 3.20. The van der Waals surface area contributed by atoms with Gasteiger partial charge in [0.2, 0.25) is 0 Å². The average Bonchev–Trinajstić information content (AvgIpc) is 2.68. The Kier molecular flexibility index (Phi) is 2.53.